The quantitative estimate of drug-likeness (QED) is 0.451. The summed E-state index contributed by atoms with van der Waals surface area (Å²) >= 11 is 0. The Morgan fingerprint density at radius 2 is 1.76 bits per heavy atom. The van der Waals surface area contributed by atoms with Crippen molar-refractivity contribution in [2.24, 2.45) is 17.8 Å². The maximum absolute atomic E-state index is 14.7. The number of ether oxygens (including phenoxy) is 1. The van der Waals surface area contributed by atoms with Gasteiger partial charge >= 0.3 is 6.18 Å². The van der Waals surface area contributed by atoms with Crippen molar-refractivity contribution in [2.75, 3.05) is 16.8 Å². The number of aromatic nitrogens is 1. The third-order valence-corrected chi connectivity index (χ3v) is 8.26. The molecule has 1 aliphatic heterocycles. The molecule has 6 rings (SSSR count). The molecule has 4 unspecified atom stereocenters. The van der Waals surface area contributed by atoms with Gasteiger partial charge in [0.1, 0.15) is 12.2 Å². The number of oxazole rings is 1. The molecule has 3 aliphatic carbocycles. The number of nitrogens with one attached hydrogen (secondary N) is 1. The second kappa shape index (κ2) is 9.16. The third-order valence-electron chi connectivity index (χ3n) is 8.26. The van der Waals surface area contributed by atoms with Crippen LogP contribution in [0.1, 0.15) is 67.6 Å². The summed E-state index contributed by atoms with van der Waals surface area (Å²) in [5, 5.41) is 2.28. The Balaban J connectivity index is 1.21. The molecule has 200 valence electrons. The van der Waals surface area contributed by atoms with Gasteiger partial charge in [0.05, 0.1) is 6.10 Å². The SMILES string of the molecule is O=C(Nc1cc(F)c(OC2CC3C[C@H]3C2)c(F)c1)c1nc(N2CCC3CCCCC32)oc1CC(F)(F)F. The first-order chi connectivity index (χ1) is 17.6. The lowest BCUT2D eigenvalue weighted by Gasteiger charge is -2.30. The Kier molecular flexibility index (Phi) is 6.06. The van der Waals surface area contributed by atoms with Crippen LogP contribution in [0.15, 0.2) is 16.5 Å². The first-order valence-electron chi connectivity index (χ1n) is 12.9. The molecule has 4 fully saturated rings. The summed E-state index contributed by atoms with van der Waals surface area (Å²) in [6, 6.07) is 1.88. The lowest BCUT2D eigenvalue weighted by molar-refractivity contribution is -0.130. The van der Waals surface area contributed by atoms with E-state index in [9.17, 15) is 26.7 Å². The van der Waals surface area contributed by atoms with Gasteiger partial charge in [0.25, 0.3) is 11.9 Å². The van der Waals surface area contributed by atoms with E-state index in [0.717, 1.165) is 63.5 Å². The third kappa shape index (κ3) is 5.01. The number of fused-ring (bicyclic) bond motifs is 2. The van der Waals surface area contributed by atoms with Gasteiger partial charge in [-0.2, -0.15) is 18.2 Å². The molecule has 1 N–H and O–H groups in total. The van der Waals surface area contributed by atoms with E-state index in [1.807, 2.05) is 4.90 Å². The van der Waals surface area contributed by atoms with Crippen LogP contribution in [-0.2, 0) is 6.42 Å². The Bertz CT molecular complexity index is 1170. The number of carbonyl (C=O) groups excluding carboxylic acids is 1. The van der Waals surface area contributed by atoms with Crippen LogP contribution in [0.4, 0.5) is 33.7 Å². The van der Waals surface area contributed by atoms with Gasteiger partial charge < -0.3 is 19.4 Å². The van der Waals surface area contributed by atoms with Crippen molar-refractivity contribution < 1.29 is 35.9 Å². The molecule has 2 heterocycles. The number of carbonyl (C=O) groups is 1. The van der Waals surface area contributed by atoms with E-state index < -0.39 is 47.3 Å². The number of nitrogens with zero attached hydrogens (tertiary/aromatic N) is 2. The van der Waals surface area contributed by atoms with Gasteiger partial charge in [-0.25, -0.2) is 8.78 Å². The molecule has 0 radical (unpaired) electrons. The summed E-state index contributed by atoms with van der Waals surface area (Å²) in [5.41, 5.74) is -0.796. The summed E-state index contributed by atoms with van der Waals surface area (Å²) < 4.78 is 80.2. The van der Waals surface area contributed by atoms with Crippen LogP contribution in [0.5, 0.6) is 5.75 Å². The summed E-state index contributed by atoms with van der Waals surface area (Å²) in [7, 11) is 0. The fraction of sp³-hybridized carbons (Fsp3) is 0.615. The molecule has 11 heteroatoms. The van der Waals surface area contributed by atoms with Crippen molar-refractivity contribution in [1.82, 2.24) is 4.98 Å². The smallest absolute Gasteiger partial charge is 0.396 e. The molecule has 1 aromatic heterocycles. The largest absolute Gasteiger partial charge is 0.484 e. The highest BCUT2D eigenvalue weighted by atomic mass is 19.4. The number of anilines is 2. The predicted molar refractivity (Wildman–Crippen MR) is 124 cm³/mol. The topological polar surface area (TPSA) is 67.6 Å². The van der Waals surface area contributed by atoms with E-state index in [1.54, 1.807) is 0 Å². The number of alkyl halides is 3. The van der Waals surface area contributed by atoms with Gasteiger partial charge in [0.2, 0.25) is 0 Å². The highest BCUT2D eigenvalue weighted by Crippen LogP contribution is 2.52. The molecule has 0 bridgehead atoms. The summed E-state index contributed by atoms with van der Waals surface area (Å²) in [4.78, 5) is 18.9. The molecule has 1 saturated heterocycles. The van der Waals surface area contributed by atoms with Gasteiger partial charge in [-0.3, -0.25) is 4.79 Å². The highest BCUT2D eigenvalue weighted by Gasteiger charge is 2.47. The summed E-state index contributed by atoms with van der Waals surface area (Å²) in [5.74, 6) is -2.60. The van der Waals surface area contributed by atoms with Gasteiger partial charge in [-0.15, -0.1) is 0 Å². The van der Waals surface area contributed by atoms with Crippen LogP contribution in [0.3, 0.4) is 0 Å². The minimum atomic E-state index is -4.64. The molecule has 1 aromatic carbocycles. The molecule has 6 nitrogen and oxygen atoms in total. The number of hydrogen-bond donors (Lipinski definition) is 1. The van der Waals surface area contributed by atoms with Gasteiger partial charge in [0.15, 0.2) is 23.1 Å². The molecule has 3 saturated carbocycles. The van der Waals surface area contributed by atoms with Crippen LogP contribution in [-0.4, -0.2) is 35.8 Å². The first-order valence-corrected chi connectivity index (χ1v) is 12.9. The average molecular weight is 526 g/mol. The molecular weight excluding hydrogens is 497 g/mol. The van der Waals surface area contributed by atoms with Gasteiger partial charge in [-0.05, 0) is 56.3 Å². The lowest BCUT2D eigenvalue weighted by Crippen LogP contribution is -2.35. The lowest BCUT2D eigenvalue weighted by atomic mass is 9.85. The zero-order valence-corrected chi connectivity index (χ0v) is 20.1. The van der Waals surface area contributed by atoms with Gasteiger partial charge in [0, 0.05) is 30.4 Å². The number of hydrogen-bond acceptors (Lipinski definition) is 5. The zero-order valence-electron chi connectivity index (χ0n) is 20.1. The molecule has 0 spiro atoms. The van der Waals surface area contributed by atoms with Crippen LogP contribution in [0.2, 0.25) is 0 Å². The second-order valence-electron chi connectivity index (χ2n) is 10.8. The molecule has 4 aliphatic rings. The van der Waals surface area contributed by atoms with E-state index in [4.69, 9.17) is 9.15 Å². The van der Waals surface area contributed by atoms with Crippen molar-refractivity contribution >= 4 is 17.6 Å². The van der Waals surface area contributed by atoms with E-state index in [1.165, 1.54) is 0 Å². The number of amides is 1. The van der Waals surface area contributed by atoms with E-state index in [0.29, 0.717) is 24.3 Å². The van der Waals surface area contributed by atoms with Crippen molar-refractivity contribution in [3.05, 3.63) is 35.2 Å². The predicted octanol–water partition coefficient (Wildman–Crippen LogP) is 6.26. The Labute approximate surface area is 210 Å². The van der Waals surface area contributed by atoms with E-state index in [-0.39, 0.29) is 23.8 Å². The molecule has 2 aromatic rings. The highest BCUT2D eigenvalue weighted by molar-refractivity contribution is 6.03. The van der Waals surface area contributed by atoms with Crippen LogP contribution in [0, 0.1) is 29.4 Å². The first kappa shape index (κ1) is 24.5. The van der Waals surface area contributed by atoms with Crippen LogP contribution < -0.4 is 15.0 Å². The molecular formula is C26H28F5N3O3. The Hall–Kier alpha value is -2.85. The second-order valence-corrected chi connectivity index (χ2v) is 10.8. The summed E-state index contributed by atoms with van der Waals surface area (Å²) in [6.07, 6.45) is 1.24. The minimum Gasteiger partial charge on any atom is -0.484 e. The van der Waals surface area contributed by atoms with Crippen molar-refractivity contribution in [3.8, 4) is 5.75 Å². The van der Waals surface area contributed by atoms with Crippen molar-refractivity contribution in [2.45, 2.75) is 76.1 Å². The summed E-state index contributed by atoms with van der Waals surface area (Å²) in [6.45, 7) is 0.586. The van der Waals surface area contributed by atoms with E-state index in [2.05, 4.69) is 10.3 Å². The minimum absolute atomic E-state index is 0.0190. The normalized spacial score (nSPS) is 28.7. The Morgan fingerprint density at radius 1 is 1.05 bits per heavy atom. The number of halogens is 5. The molecule has 37 heavy (non-hydrogen) atoms. The standard InChI is InChI=1S/C26H28F5N3O3/c27-18-10-16(11-19(28)23(18)36-17-8-14-7-15(14)9-17)32-24(35)22-21(12-26(29,30)31)37-25(33-22)34-6-5-13-3-1-2-4-20(13)34/h10-11,13-15,17,20H,1-9,12H2,(H,32,35)/t13?,14-,15?,17?,20?/m0/s1. The monoisotopic (exact) mass is 525 g/mol. The molecule has 1 amide bonds. The maximum atomic E-state index is 14.7. The zero-order chi connectivity index (χ0) is 25.9. The maximum Gasteiger partial charge on any atom is 0.396 e. The average Bonchev–Trinajstić information content (AvgIpc) is 3.17. The number of rotatable bonds is 6. The van der Waals surface area contributed by atoms with Crippen molar-refractivity contribution in [1.29, 1.82) is 0 Å². The van der Waals surface area contributed by atoms with Crippen LogP contribution >= 0.6 is 0 Å². The van der Waals surface area contributed by atoms with Crippen LogP contribution in [0.25, 0.3) is 0 Å². The number of benzene rings is 1. The Morgan fingerprint density at radius 3 is 2.46 bits per heavy atom. The fourth-order valence-electron chi connectivity index (χ4n) is 6.44. The van der Waals surface area contributed by atoms with Gasteiger partial charge in [-0.1, -0.05) is 12.8 Å². The fourth-order valence-corrected chi connectivity index (χ4v) is 6.44. The molecule has 5 atom stereocenters. The van der Waals surface area contributed by atoms with E-state index >= 15 is 0 Å². The van der Waals surface area contributed by atoms with Crippen molar-refractivity contribution in [3.63, 3.8) is 0 Å².